The molecule has 3 N–H and O–H groups in total. The first kappa shape index (κ1) is 11.9. The molecular formula is C8H16ClNO2. The lowest BCUT2D eigenvalue weighted by Gasteiger charge is -2.24. The second-order valence-corrected chi connectivity index (χ2v) is 3.78. The molecule has 0 aliphatic carbocycles. The van der Waals surface area contributed by atoms with Gasteiger partial charge in [0.2, 0.25) is 0 Å². The van der Waals surface area contributed by atoms with E-state index in [0.29, 0.717) is 18.1 Å². The van der Waals surface area contributed by atoms with Gasteiger partial charge in [-0.3, -0.25) is 0 Å². The van der Waals surface area contributed by atoms with Crippen LogP contribution in [-0.4, -0.2) is 36.5 Å². The Labute approximate surface area is 78.0 Å². The van der Waals surface area contributed by atoms with Crippen molar-refractivity contribution >= 4 is 11.6 Å². The van der Waals surface area contributed by atoms with E-state index in [9.17, 15) is 0 Å². The zero-order chi connectivity index (χ0) is 9.61. The van der Waals surface area contributed by atoms with Gasteiger partial charge in [0.1, 0.15) is 0 Å². The first-order valence-electron chi connectivity index (χ1n) is 3.80. The minimum Gasteiger partial charge on any atom is -0.396 e. The van der Waals surface area contributed by atoms with Gasteiger partial charge < -0.3 is 15.5 Å². The van der Waals surface area contributed by atoms with Crippen LogP contribution in [0.2, 0.25) is 0 Å². The highest BCUT2D eigenvalue weighted by molar-refractivity contribution is 6.29. The fourth-order valence-corrected chi connectivity index (χ4v) is 0.756. The normalized spacial score (nSPS) is 11.7. The zero-order valence-electron chi connectivity index (χ0n) is 7.31. The third kappa shape index (κ3) is 4.72. The number of hydrogen-bond acceptors (Lipinski definition) is 3. The molecule has 0 spiro atoms. The van der Waals surface area contributed by atoms with Gasteiger partial charge in [-0.15, -0.1) is 0 Å². The van der Waals surface area contributed by atoms with Crippen molar-refractivity contribution in [1.29, 1.82) is 0 Å². The zero-order valence-corrected chi connectivity index (χ0v) is 8.06. The summed E-state index contributed by atoms with van der Waals surface area (Å²) in [5.41, 5.74) is -0.480. The predicted octanol–water partition coefficient (Wildman–Crippen LogP) is 0.319. The summed E-state index contributed by atoms with van der Waals surface area (Å²) in [5, 5.41) is 21.3. The molecule has 0 aromatic heterocycles. The summed E-state index contributed by atoms with van der Waals surface area (Å²) in [6, 6.07) is 0. The fraction of sp³-hybridized carbons (Fsp3) is 0.750. The van der Waals surface area contributed by atoms with E-state index in [2.05, 4.69) is 11.9 Å². The molecule has 0 bridgehead atoms. The van der Waals surface area contributed by atoms with Crippen molar-refractivity contribution in [3.8, 4) is 0 Å². The molecule has 0 saturated carbocycles. The van der Waals surface area contributed by atoms with Gasteiger partial charge in [-0.2, -0.15) is 0 Å². The van der Waals surface area contributed by atoms with Crippen molar-refractivity contribution in [3.63, 3.8) is 0 Å². The minimum atomic E-state index is -0.480. The van der Waals surface area contributed by atoms with Crippen LogP contribution in [0.1, 0.15) is 6.92 Å². The number of aliphatic hydroxyl groups excluding tert-OH is 2. The second kappa shape index (κ2) is 5.54. The molecule has 0 aromatic rings. The fourth-order valence-electron chi connectivity index (χ4n) is 0.662. The van der Waals surface area contributed by atoms with Crippen LogP contribution < -0.4 is 5.32 Å². The molecule has 0 aliphatic rings. The van der Waals surface area contributed by atoms with Crippen LogP contribution in [0.3, 0.4) is 0 Å². The Morgan fingerprint density at radius 3 is 2.33 bits per heavy atom. The largest absolute Gasteiger partial charge is 0.396 e. The van der Waals surface area contributed by atoms with Crippen molar-refractivity contribution in [2.45, 2.75) is 6.92 Å². The molecule has 0 atom stereocenters. The molecule has 3 nitrogen and oxygen atoms in total. The van der Waals surface area contributed by atoms with Crippen molar-refractivity contribution in [2.24, 2.45) is 5.41 Å². The highest BCUT2D eigenvalue weighted by Crippen LogP contribution is 2.12. The Kier molecular flexibility index (Phi) is 5.50. The molecule has 0 aliphatic heterocycles. The maximum atomic E-state index is 8.90. The second-order valence-electron chi connectivity index (χ2n) is 3.25. The smallest absolute Gasteiger partial charge is 0.0518 e. The van der Waals surface area contributed by atoms with Crippen molar-refractivity contribution in [1.82, 2.24) is 5.32 Å². The number of aliphatic hydroxyl groups is 2. The molecule has 0 rings (SSSR count). The minimum absolute atomic E-state index is 0.0503. The number of halogens is 1. The quantitative estimate of drug-likeness (QED) is 0.570. The molecule has 0 fully saturated rings. The maximum absolute atomic E-state index is 8.90. The van der Waals surface area contributed by atoms with E-state index >= 15 is 0 Å². The highest BCUT2D eigenvalue weighted by atomic mass is 35.5. The molecule has 0 amide bonds. The number of nitrogens with one attached hydrogen (secondary N) is 1. The van der Waals surface area contributed by atoms with Gasteiger partial charge in [0.05, 0.1) is 13.2 Å². The number of rotatable bonds is 6. The van der Waals surface area contributed by atoms with Gasteiger partial charge in [0.15, 0.2) is 0 Å². The summed E-state index contributed by atoms with van der Waals surface area (Å²) in [4.78, 5) is 0. The van der Waals surface area contributed by atoms with Gasteiger partial charge in [0.25, 0.3) is 0 Å². The van der Waals surface area contributed by atoms with Crippen LogP contribution in [0, 0.1) is 5.41 Å². The SMILES string of the molecule is C=C(Cl)CNCC(C)(CO)CO. The van der Waals surface area contributed by atoms with E-state index in [1.54, 1.807) is 6.92 Å². The summed E-state index contributed by atoms with van der Waals surface area (Å²) in [6.45, 7) is 6.21. The summed E-state index contributed by atoms with van der Waals surface area (Å²) in [7, 11) is 0. The molecule has 12 heavy (non-hydrogen) atoms. The van der Waals surface area contributed by atoms with Crippen LogP contribution in [-0.2, 0) is 0 Å². The molecule has 0 saturated heterocycles. The Balaban J connectivity index is 3.65. The summed E-state index contributed by atoms with van der Waals surface area (Å²) in [5.74, 6) is 0. The topological polar surface area (TPSA) is 52.5 Å². The Morgan fingerprint density at radius 1 is 1.50 bits per heavy atom. The lowest BCUT2D eigenvalue weighted by Crippen LogP contribution is -2.38. The van der Waals surface area contributed by atoms with Crippen molar-refractivity contribution in [2.75, 3.05) is 26.3 Å². The third-order valence-electron chi connectivity index (χ3n) is 1.63. The average Bonchev–Trinajstić information content (AvgIpc) is 2.03. The molecule has 0 unspecified atom stereocenters. The number of hydrogen-bond donors (Lipinski definition) is 3. The van der Waals surface area contributed by atoms with Crippen LogP contribution in [0.4, 0.5) is 0 Å². The monoisotopic (exact) mass is 193 g/mol. The summed E-state index contributed by atoms with van der Waals surface area (Å²) >= 11 is 5.51. The molecule has 0 heterocycles. The molecule has 72 valence electrons. The molecule has 0 radical (unpaired) electrons. The van der Waals surface area contributed by atoms with Crippen LogP contribution in [0.5, 0.6) is 0 Å². The van der Waals surface area contributed by atoms with E-state index in [1.165, 1.54) is 0 Å². The lowest BCUT2D eigenvalue weighted by atomic mass is 9.93. The Hall–Kier alpha value is -0.0900. The van der Waals surface area contributed by atoms with Gasteiger partial charge in [-0.1, -0.05) is 25.1 Å². The van der Waals surface area contributed by atoms with E-state index in [1.807, 2.05) is 0 Å². The first-order valence-corrected chi connectivity index (χ1v) is 4.17. The predicted molar refractivity (Wildman–Crippen MR) is 50.1 cm³/mol. The van der Waals surface area contributed by atoms with Crippen LogP contribution >= 0.6 is 11.6 Å². The summed E-state index contributed by atoms with van der Waals surface area (Å²) < 4.78 is 0. The van der Waals surface area contributed by atoms with Crippen LogP contribution in [0.15, 0.2) is 11.6 Å². The maximum Gasteiger partial charge on any atom is 0.0518 e. The molecule has 0 aromatic carbocycles. The van der Waals surface area contributed by atoms with E-state index in [4.69, 9.17) is 21.8 Å². The Morgan fingerprint density at radius 2 is 2.00 bits per heavy atom. The van der Waals surface area contributed by atoms with Crippen molar-refractivity contribution in [3.05, 3.63) is 11.6 Å². The average molecular weight is 194 g/mol. The van der Waals surface area contributed by atoms with Gasteiger partial charge in [-0.25, -0.2) is 0 Å². The lowest BCUT2D eigenvalue weighted by molar-refractivity contribution is 0.0706. The van der Waals surface area contributed by atoms with E-state index in [0.717, 1.165) is 0 Å². The Bertz CT molecular complexity index is 146. The van der Waals surface area contributed by atoms with Gasteiger partial charge in [-0.05, 0) is 0 Å². The third-order valence-corrected chi connectivity index (χ3v) is 1.77. The summed E-state index contributed by atoms with van der Waals surface area (Å²) in [6.07, 6.45) is 0. The standard InChI is InChI=1S/C8H16ClNO2/c1-7(9)3-10-4-8(2,5-11)6-12/h10-12H,1,3-6H2,2H3. The highest BCUT2D eigenvalue weighted by Gasteiger charge is 2.21. The first-order chi connectivity index (χ1) is 5.54. The van der Waals surface area contributed by atoms with Crippen LogP contribution in [0.25, 0.3) is 0 Å². The van der Waals surface area contributed by atoms with Gasteiger partial charge >= 0.3 is 0 Å². The molecule has 4 heteroatoms. The van der Waals surface area contributed by atoms with E-state index in [-0.39, 0.29) is 13.2 Å². The van der Waals surface area contributed by atoms with Crippen molar-refractivity contribution < 1.29 is 10.2 Å². The van der Waals surface area contributed by atoms with E-state index < -0.39 is 5.41 Å². The molecular weight excluding hydrogens is 178 g/mol. The van der Waals surface area contributed by atoms with Gasteiger partial charge in [0, 0.05) is 23.5 Å².